The molecule has 0 aromatic heterocycles. The summed E-state index contributed by atoms with van der Waals surface area (Å²) in [7, 11) is 0. The van der Waals surface area contributed by atoms with Crippen molar-refractivity contribution in [2.75, 3.05) is 13.1 Å². The fraction of sp³-hybridized carbons (Fsp3) is 1.00. The van der Waals surface area contributed by atoms with Gasteiger partial charge in [-0.05, 0) is 38.3 Å². The molecule has 72 valence electrons. The zero-order chi connectivity index (χ0) is 8.81. The highest BCUT2D eigenvalue weighted by molar-refractivity contribution is 4.75. The van der Waals surface area contributed by atoms with E-state index in [0.717, 1.165) is 31.5 Å². The van der Waals surface area contributed by atoms with Gasteiger partial charge in [-0.25, -0.2) is 0 Å². The van der Waals surface area contributed by atoms with Gasteiger partial charge in [0.2, 0.25) is 0 Å². The van der Waals surface area contributed by atoms with Crippen molar-refractivity contribution in [1.29, 1.82) is 0 Å². The Hall–Kier alpha value is -0.0800. The highest BCUT2D eigenvalue weighted by Crippen LogP contribution is 2.23. The van der Waals surface area contributed by atoms with Gasteiger partial charge in [-0.15, -0.1) is 0 Å². The first-order valence-electron chi connectivity index (χ1n) is 5.26. The van der Waals surface area contributed by atoms with Crippen molar-refractivity contribution in [3.8, 4) is 0 Å². The number of hydrogen-bond acceptors (Lipinski definition) is 2. The van der Waals surface area contributed by atoms with Crippen LogP contribution in [0.5, 0.6) is 0 Å². The molecule has 2 atom stereocenters. The fourth-order valence-electron chi connectivity index (χ4n) is 2.03. The van der Waals surface area contributed by atoms with Crippen molar-refractivity contribution in [3.63, 3.8) is 0 Å². The lowest BCUT2D eigenvalue weighted by atomic mass is 9.87. The Morgan fingerprint density at radius 1 is 1.42 bits per heavy atom. The van der Waals surface area contributed by atoms with Crippen molar-refractivity contribution in [2.45, 2.75) is 45.1 Å². The van der Waals surface area contributed by atoms with E-state index in [9.17, 15) is 0 Å². The van der Waals surface area contributed by atoms with E-state index in [1.165, 1.54) is 25.7 Å². The van der Waals surface area contributed by atoms with E-state index < -0.39 is 0 Å². The van der Waals surface area contributed by atoms with Gasteiger partial charge in [0.1, 0.15) is 0 Å². The topological polar surface area (TPSA) is 38.0 Å². The SMILES string of the molecule is CC1CCCC(NCCCN)C1. The largest absolute Gasteiger partial charge is 0.330 e. The molecule has 2 heteroatoms. The van der Waals surface area contributed by atoms with Gasteiger partial charge in [0.25, 0.3) is 0 Å². The summed E-state index contributed by atoms with van der Waals surface area (Å²) < 4.78 is 0. The van der Waals surface area contributed by atoms with Crippen molar-refractivity contribution in [1.82, 2.24) is 5.32 Å². The minimum absolute atomic E-state index is 0.778. The second-order valence-corrected chi connectivity index (χ2v) is 4.07. The smallest absolute Gasteiger partial charge is 0.00696 e. The second kappa shape index (κ2) is 5.55. The first-order valence-corrected chi connectivity index (χ1v) is 5.26. The molecule has 2 nitrogen and oxygen atoms in total. The van der Waals surface area contributed by atoms with Crippen molar-refractivity contribution >= 4 is 0 Å². The lowest BCUT2D eigenvalue weighted by Gasteiger charge is -2.27. The zero-order valence-corrected chi connectivity index (χ0v) is 8.18. The summed E-state index contributed by atoms with van der Waals surface area (Å²) >= 11 is 0. The molecule has 0 bridgehead atoms. The molecule has 0 saturated heterocycles. The first-order chi connectivity index (χ1) is 5.83. The summed E-state index contributed by atoms with van der Waals surface area (Å²) in [6, 6.07) is 0.778. The Morgan fingerprint density at radius 2 is 2.25 bits per heavy atom. The zero-order valence-electron chi connectivity index (χ0n) is 8.18. The molecule has 12 heavy (non-hydrogen) atoms. The summed E-state index contributed by atoms with van der Waals surface area (Å²) in [5, 5.41) is 3.57. The minimum Gasteiger partial charge on any atom is -0.330 e. The highest BCUT2D eigenvalue weighted by atomic mass is 14.9. The van der Waals surface area contributed by atoms with Gasteiger partial charge < -0.3 is 11.1 Å². The van der Waals surface area contributed by atoms with Crippen LogP contribution in [0.15, 0.2) is 0 Å². The van der Waals surface area contributed by atoms with Crippen LogP contribution >= 0.6 is 0 Å². The van der Waals surface area contributed by atoms with Crippen LogP contribution in [0.4, 0.5) is 0 Å². The van der Waals surface area contributed by atoms with Gasteiger partial charge in [-0.3, -0.25) is 0 Å². The van der Waals surface area contributed by atoms with Gasteiger partial charge in [0, 0.05) is 6.04 Å². The van der Waals surface area contributed by atoms with E-state index in [0.29, 0.717) is 0 Å². The van der Waals surface area contributed by atoms with Gasteiger partial charge in [0.15, 0.2) is 0 Å². The summed E-state index contributed by atoms with van der Waals surface area (Å²) in [5.41, 5.74) is 5.43. The van der Waals surface area contributed by atoms with Crippen molar-refractivity contribution in [3.05, 3.63) is 0 Å². The third-order valence-corrected chi connectivity index (χ3v) is 2.75. The lowest BCUT2D eigenvalue weighted by molar-refractivity contribution is 0.302. The van der Waals surface area contributed by atoms with Gasteiger partial charge >= 0.3 is 0 Å². The Balaban J connectivity index is 2.06. The Bertz CT molecular complexity index is 114. The average molecular weight is 170 g/mol. The molecule has 0 radical (unpaired) electrons. The molecular formula is C10H22N2. The molecule has 1 aliphatic carbocycles. The van der Waals surface area contributed by atoms with Crippen molar-refractivity contribution in [2.24, 2.45) is 11.7 Å². The van der Waals surface area contributed by atoms with E-state index in [1.54, 1.807) is 0 Å². The molecule has 0 amide bonds. The van der Waals surface area contributed by atoms with E-state index >= 15 is 0 Å². The Labute approximate surface area is 75.9 Å². The first kappa shape index (κ1) is 10.0. The van der Waals surface area contributed by atoms with Crippen LogP contribution < -0.4 is 11.1 Å². The van der Waals surface area contributed by atoms with Crippen LogP contribution in [-0.4, -0.2) is 19.1 Å². The van der Waals surface area contributed by atoms with Gasteiger partial charge in [-0.2, -0.15) is 0 Å². The number of rotatable bonds is 4. The molecule has 1 saturated carbocycles. The molecule has 0 heterocycles. The van der Waals surface area contributed by atoms with E-state index in [2.05, 4.69) is 12.2 Å². The van der Waals surface area contributed by atoms with Gasteiger partial charge in [-0.1, -0.05) is 19.8 Å². The molecule has 0 spiro atoms. The van der Waals surface area contributed by atoms with Gasteiger partial charge in [0.05, 0.1) is 0 Å². The third kappa shape index (κ3) is 3.55. The number of nitrogens with two attached hydrogens (primary N) is 1. The fourth-order valence-corrected chi connectivity index (χ4v) is 2.03. The predicted molar refractivity (Wildman–Crippen MR) is 53.1 cm³/mol. The lowest BCUT2D eigenvalue weighted by Crippen LogP contribution is -2.34. The summed E-state index contributed by atoms with van der Waals surface area (Å²) in [6.45, 7) is 4.28. The van der Waals surface area contributed by atoms with E-state index in [4.69, 9.17) is 5.73 Å². The number of hydrogen-bond donors (Lipinski definition) is 2. The standard InChI is InChI=1S/C10H22N2/c1-9-4-2-5-10(8-9)12-7-3-6-11/h9-10,12H,2-8,11H2,1H3. The predicted octanol–water partition coefficient (Wildman–Crippen LogP) is 1.50. The van der Waals surface area contributed by atoms with Crippen LogP contribution in [0.25, 0.3) is 0 Å². The van der Waals surface area contributed by atoms with Crippen LogP contribution in [0.2, 0.25) is 0 Å². The van der Waals surface area contributed by atoms with Crippen LogP contribution in [0.3, 0.4) is 0 Å². The summed E-state index contributed by atoms with van der Waals surface area (Å²) in [4.78, 5) is 0. The molecular weight excluding hydrogens is 148 g/mol. The van der Waals surface area contributed by atoms with Crippen LogP contribution in [0, 0.1) is 5.92 Å². The Kier molecular flexibility index (Phi) is 4.62. The molecule has 1 rings (SSSR count). The molecule has 0 aromatic carbocycles. The van der Waals surface area contributed by atoms with E-state index in [1.807, 2.05) is 0 Å². The molecule has 0 aromatic rings. The molecule has 3 N–H and O–H groups in total. The monoisotopic (exact) mass is 170 g/mol. The third-order valence-electron chi connectivity index (χ3n) is 2.75. The highest BCUT2D eigenvalue weighted by Gasteiger charge is 2.17. The van der Waals surface area contributed by atoms with E-state index in [-0.39, 0.29) is 0 Å². The average Bonchev–Trinajstić information content (AvgIpc) is 2.05. The molecule has 1 fully saturated rings. The minimum atomic E-state index is 0.778. The van der Waals surface area contributed by atoms with Crippen molar-refractivity contribution < 1.29 is 0 Å². The molecule has 0 aliphatic heterocycles. The Morgan fingerprint density at radius 3 is 2.92 bits per heavy atom. The molecule has 1 aliphatic rings. The normalized spacial score (nSPS) is 30.5. The maximum atomic E-state index is 5.43. The summed E-state index contributed by atoms with van der Waals surface area (Å²) in [5.74, 6) is 0.925. The number of nitrogens with one attached hydrogen (secondary N) is 1. The maximum Gasteiger partial charge on any atom is 0.00696 e. The maximum absolute atomic E-state index is 5.43. The quantitative estimate of drug-likeness (QED) is 0.628. The molecule has 2 unspecified atom stereocenters. The van der Waals surface area contributed by atoms with Crippen LogP contribution in [-0.2, 0) is 0 Å². The second-order valence-electron chi connectivity index (χ2n) is 4.07. The summed E-state index contributed by atoms with van der Waals surface area (Å²) in [6.07, 6.45) is 6.68. The van der Waals surface area contributed by atoms with Crippen LogP contribution in [0.1, 0.15) is 39.0 Å².